The predicted molar refractivity (Wildman–Crippen MR) is 79.6 cm³/mol. The van der Waals surface area contributed by atoms with Crippen molar-refractivity contribution in [2.75, 3.05) is 20.0 Å². The first kappa shape index (κ1) is 15.8. The number of hydrogen-bond acceptors (Lipinski definition) is 7. The summed E-state index contributed by atoms with van der Waals surface area (Å²) in [5.74, 6) is -0.215. The number of aliphatic carboxylic acids is 1. The summed E-state index contributed by atoms with van der Waals surface area (Å²) in [6.45, 7) is 0. The normalized spacial score (nSPS) is 10.3. The summed E-state index contributed by atoms with van der Waals surface area (Å²) < 4.78 is 10.3. The molecule has 116 valence electrons. The van der Waals surface area contributed by atoms with E-state index >= 15 is 0 Å². The number of H-pyrrole nitrogens is 1. The van der Waals surface area contributed by atoms with Crippen molar-refractivity contribution >= 4 is 17.7 Å². The molecule has 0 atom stereocenters. The van der Waals surface area contributed by atoms with E-state index in [2.05, 4.69) is 15.2 Å². The lowest BCUT2D eigenvalue weighted by molar-refractivity contribution is -0.133. The minimum atomic E-state index is -1.01. The molecule has 2 N–H and O–H groups in total. The monoisotopic (exact) mass is 323 g/mol. The Balaban J connectivity index is 2.37. The third-order valence-electron chi connectivity index (χ3n) is 2.67. The molecule has 1 aromatic carbocycles. The van der Waals surface area contributed by atoms with Crippen molar-refractivity contribution in [2.24, 2.45) is 0 Å². The van der Waals surface area contributed by atoms with Gasteiger partial charge in [0, 0.05) is 6.07 Å². The Morgan fingerprint density at radius 1 is 1.32 bits per heavy atom. The van der Waals surface area contributed by atoms with Gasteiger partial charge in [-0.15, -0.1) is 10.2 Å². The number of carboxylic acid groups (broad SMARTS) is 1. The van der Waals surface area contributed by atoms with E-state index in [4.69, 9.17) is 14.6 Å². The van der Waals surface area contributed by atoms with E-state index < -0.39 is 11.5 Å². The summed E-state index contributed by atoms with van der Waals surface area (Å²) in [7, 11) is 2.99. The van der Waals surface area contributed by atoms with Crippen LogP contribution in [0.25, 0.3) is 11.3 Å². The summed E-state index contributed by atoms with van der Waals surface area (Å²) in [5, 5.41) is 16.4. The predicted octanol–water partition coefficient (Wildman–Crippen LogP) is 1.03. The molecule has 0 aliphatic carbocycles. The minimum Gasteiger partial charge on any atom is -0.497 e. The molecule has 0 amide bonds. The van der Waals surface area contributed by atoms with Gasteiger partial charge in [-0.1, -0.05) is 11.8 Å². The zero-order valence-electron chi connectivity index (χ0n) is 11.8. The number of nitrogens with zero attached hydrogens (tertiary/aromatic N) is 2. The summed E-state index contributed by atoms with van der Waals surface area (Å²) in [6.07, 6.45) is 0. The van der Waals surface area contributed by atoms with Crippen molar-refractivity contribution in [1.29, 1.82) is 0 Å². The van der Waals surface area contributed by atoms with Crippen LogP contribution in [0, 0.1) is 0 Å². The van der Waals surface area contributed by atoms with E-state index in [9.17, 15) is 9.59 Å². The lowest BCUT2D eigenvalue weighted by atomic mass is 10.1. The summed E-state index contributed by atoms with van der Waals surface area (Å²) >= 11 is 0.883. The van der Waals surface area contributed by atoms with Crippen LogP contribution in [-0.2, 0) is 4.79 Å². The SMILES string of the molecule is COc1ccc(-c2nnc(SCC(=O)O)[nH]c2=O)c(OC)c1. The Bertz CT molecular complexity index is 747. The summed E-state index contributed by atoms with van der Waals surface area (Å²) in [6, 6.07) is 4.94. The molecule has 8 nitrogen and oxygen atoms in total. The molecule has 9 heteroatoms. The number of ether oxygens (including phenoxy) is 2. The Labute approximate surface area is 129 Å². The van der Waals surface area contributed by atoms with Crippen molar-refractivity contribution in [1.82, 2.24) is 15.2 Å². The van der Waals surface area contributed by atoms with Crippen LogP contribution in [-0.4, -0.2) is 46.2 Å². The molecule has 0 bridgehead atoms. The van der Waals surface area contributed by atoms with Gasteiger partial charge >= 0.3 is 5.97 Å². The molecule has 0 saturated heterocycles. The standard InChI is InChI=1S/C13H13N3O5S/c1-20-7-3-4-8(9(5-7)21-2)11-12(19)14-13(16-15-11)22-6-10(17)18/h3-5H,6H2,1-2H3,(H,17,18)(H,14,16,19). The topological polar surface area (TPSA) is 114 Å². The number of benzene rings is 1. The third kappa shape index (κ3) is 3.55. The minimum absolute atomic E-state index is 0.0826. The maximum Gasteiger partial charge on any atom is 0.313 e. The van der Waals surface area contributed by atoms with Crippen molar-refractivity contribution < 1.29 is 19.4 Å². The van der Waals surface area contributed by atoms with Gasteiger partial charge in [0.1, 0.15) is 11.5 Å². The summed E-state index contributed by atoms with van der Waals surface area (Å²) in [4.78, 5) is 25.1. The van der Waals surface area contributed by atoms with Gasteiger partial charge in [-0.05, 0) is 12.1 Å². The zero-order valence-corrected chi connectivity index (χ0v) is 12.6. The average molecular weight is 323 g/mol. The molecule has 2 rings (SSSR count). The number of nitrogens with one attached hydrogen (secondary N) is 1. The Kier molecular flexibility index (Phi) is 4.99. The van der Waals surface area contributed by atoms with Gasteiger partial charge < -0.3 is 14.6 Å². The first-order valence-electron chi connectivity index (χ1n) is 6.09. The van der Waals surface area contributed by atoms with Gasteiger partial charge in [0.15, 0.2) is 10.9 Å². The number of carbonyl (C=O) groups is 1. The molecular weight excluding hydrogens is 310 g/mol. The van der Waals surface area contributed by atoms with E-state index in [-0.39, 0.29) is 16.6 Å². The Morgan fingerprint density at radius 3 is 2.68 bits per heavy atom. The fourth-order valence-corrected chi connectivity index (χ4v) is 2.21. The fraction of sp³-hybridized carbons (Fsp3) is 0.231. The Hall–Kier alpha value is -2.55. The zero-order chi connectivity index (χ0) is 16.1. The highest BCUT2D eigenvalue weighted by Crippen LogP contribution is 2.30. The number of carboxylic acids is 1. The van der Waals surface area contributed by atoms with E-state index in [0.29, 0.717) is 17.1 Å². The highest BCUT2D eigenvalue weighted by molar-refractivity contribution is 7.99. The molecule has 0 radical (unpaired) electrons. The molecular formula is C13H13N3O5S. The molecule has 1 heterocycles. The number of aromatic amines is 1. The van der Waals surface area contributed by atoms with Crippen LogP contribution in [0.15, 0.2) is 28.2 Å². The van der Waals surface area contributed by atoms with E-state index in [1.807, 2.05) is 0 Å². The second kappa shape index (κ2) is 6.94. The van der Waals surface area contributed by atoms with Gasteiger partial charge in [-0.25, -0.2) is 0 Å². The van der Waals surface area contributed by atoms with Crippen LogP contribution < -0.4 is 15.0 Å². The molecule has 0 fully saturated rings. The first-order valence-corrected chi connectivity index (χ1v) is 7.07. The van der Waals surface area contributed by atoms with Crippen molar-refractivity contribution in [3.63, 3.8) is 0 Å². The molecule has 0 unspecified atom stereocenters. The fourth-order valence-electron chi connectivity index (χ4n) is 1.69. The number of aromatic nitrogens is 3. The van der Waals surface area contributed by atoms with Gasteiger partial charge in [0.25, 0.3) is 5.56 Å². The summed E-state index contributed by atoms with van der Waals surface area (Å²) in [5.41, 5.74) is 0.0670. The van der Waals surface area contributed by atoms with Gasteiger partial charge in [0.2, 0.25) is 0 Å². The number of hydrogen-bond donors (Lipinski definition) is 2. The number of methoxy groups -OCH3 is 2. The van der Waals surface area contributed by atoms with E-state index in [1.165, 1.54) is 14.2 Å². The average Bonchev–Trinajstić information content (AvgIpc) is 2.52. The van der Waals surface area contributed by atoms with Crippen molar-refractivity contribution in [3.8, 4) is 22.8 Å². The first-order chi connectivity index (χ1) is 10.5. The molecule has 2 aromatic rings. The molecule has 0 spiro atoms. The highest BCUT2D eigenvalue weighted by atomic mass is 32.2. The third-order valence-corrected chi connectivity index (χ3v) is 3.52. The molecule has 22 heavy (non-hydrogen) atoms. The van der Waals surface area contributed by atoms with E-state index in [0.717, 1.165) is 11.8 Å². The largest absolute Gasteiger partial charge is 0.497 e. The molecule has 0 aliphatic heterocycles. The smallest absolute Gasteiger partial charge is 0.313 e. The van der Waals surface area contributed by atoms with Crippen LogP contribution in [0.1, 0.15) is 0 Å². The molecule has 1 aromatic heterocycles. The second-order valence-electron chi connectivity index (χ2n) is 4.06. The maximum absolute atomic E-state index is 12.1. The number of thioether (sulfide) groups is 1. The Morgan fingerprint density at radius 2 is 2.09 bits per heavy atom. The van der Waals surface area contributed by atoms with Gasteiger partial charge in [-0.2, -0.15) is 0 Å². The van der Waals surface area contributed by atoms with Crippen molar-refractivity contribution in [3.05, 3.63) is 28.6 Å². The number of rotatable bonds is 6. The van der Waals surface area contributed by atoms with Gasteiger partial charge in [-0.3, -0.25) is 14.6 Å². The quantitative estimate of drug-likeness (QED) is 0.757. The van der Waals surface area contributed by atoms with Crippen LogP contribution in [0.5, 0.6) is 11.5 Å². The van der Waals surface area contributed by atoms with Crippen LogP contribution >= 0.6 is 11.8 Å². The maximum atomic E-state index is 12.1. The highest BCUT2D eigenvalue weighted by Gasteiger charge is 2.14. The van der Waals surface area contributed by atoms with Crippen LogP contribution in [0.2, 0.25) is 0 Å². The lowest BCUT2D eigenvalue weighted by Gasteiger charge is -2.09. The van der Waals surface area contributed by atoms with Gasteiger partial charge in [0.05, 0.1) is 25.5 Å². The van der Waals surface area contributed by atoms with Crippen LogP contribution in [0.3, 0.4) is 0 Å². The second-order valence-corrected chi connectivity index (χ2v) is 5.02. The van der Waals surface area contributed by atoms with Crippen LogP contribution in [0.4, 0.5) is 0 Å². The van der Waals surface area contributed by atoms with E-state index in [1.54, 1.807) is 18.2 Å². The molecule has 0 aliphatic rings. The van der Waals surface area contributed by atoms with Crippen molar-refractivity contribution in [2.45, 2.75) is 5.16 Å². The molecule has 0 saturated carbocycles. The lowest BCUT2D eigenvalue weighted by Crippen LogP contribution is -2.15.